The average molecular weight is 255 g/mol. The van der Waals surface area contributed by atoms with Gasteiger partial charge in [-0.3, -0.25) is 4.98 Å². The van der Waals surface area contributed by atoms with Gasteiger partial charge < -0.3 is 4.74 Å². The van der Waals surface area contributed by atoms with Crippen LogP contribution in [0.3, 0.4) is 0 Å². The number of esters is 1. The Hall–Kier alpha value is -2.16. The van der Waals surface area contributed by atoms with Gasteiger partial charge in [-0.1, -0.05) is 24.3 Å². The summed E-state index contributed by atoms with van der Waals surface area (Å²) in [5.41, 5.74) is 3.71. The molecule has 19 heavy (non-hydrogen) atoms. The van der Waals surface area contributed by atoms with Crippen LogP contribution in [0.1, 0.15) is 25.1 Å². The summed E-state index contributed by atoms with van der Waals surface area (Å²) in [6.07, 6.45) is 1.52. The predicted molar refractivity (Wildman–Crippen MR) is 76.8 cm³/mol. The van der Waals surface area contributed by atoms with Crippen molar-refractivity contribution in [3.63, 3.8) is 0 Å². The molecule has 0 radical (unpaired) electrons. The third kappa shape index (κ3) is 2.99. The van der Waals surface area contributed by atoms with Gasteiger partial charge >= 0.3 is 5.97 Å². The molecule has 0 saturated carbocycles. The van der Waals surface area contributed by atoms with Gasteiger partial charge in [0.2, 0.25) is 0 Å². The first kappa shape index (κ1) is 13.3. The van der Waals surface area contributed by atoms with Crippen LogP contribution < -0.4 is 0 Å². The minimum absolute atomic E-state index is 0.315. The molecule has 0 unspecified atom stereocenters. The molecule has 1 heterocycles. The molecule has 0 N–H and O–H groups in total. The van der Waals surface area contributed by atoms with Crippen molar-refractivity contribution in [1.82, 2.24) is 4.98 Å². The lowest BCUT2D eigenvalue weighted by atomic mass is 10.0. The van der Waals surface area contributed by atoms with Crippen molar-refractivity contribution in [2.24, 2.45) is 0 Å². The number of hydrogen-bond donors (Lipinski definition) is 0. The topological polar surface area (TPSA) is 39.2 Å². The van der Waals surface area contributed by atoms with Crippen molar-refractivity contribution in [2.75, 3.05) is 6.61 Å². The van der Waals surface area contributed by atoms with Crippen LogP contribution in [-0.2, 0) is 9.53 Å². The van der Waals surface area contributed by atoms with E-state index in [0.29, 0.717) is 6.61 Å². The van der Waals surface area contributed by atoms with E-state index >= 15 is 0 Å². The standard InChI is InChI=1S/C16H17NO2/c1-4-19-15(18)10-11(2)14-7-5-6-13-9-8-12(3)17-16(13)14/h5-10H,4H2,1-3H3. The zero-order chi connectivity index (χ0) is 13.8. The van der Waals surface area contributed by atoms with Gasteiger partial charge in [0, 0.05) is 22.7 Å². The first-order valence-electron chi connectivity index (χ1n) is 6.33. The summed E-state index contributed by atoms with van der Waals surface area (Å²) < 4.78 is 4.93. The average Bonchev–Trinajstić information content (AvgIpc) is 2.38. The fourth-order valence-corrected chi connectivity index (χ4v) is 2.00. The van der Waals surface area contributed by atoms with Crippen molar-refractivity contribution in [1.29, 1.82) is 0 Å². The number of aromatic nitrogens is 1. The number of benzene rings is 1. The molecule has 0 aliphatic rings. The van der Waals surface area contributed by atoms with Crippen molar-refractivity contribution >= 4 is 22.4 Å². The highest BCUT2D eigenvalue weighted by atomic mass is 16.5. The molecule has 3 heteroatoms. The normalized spacial score (nSPS) is 11.6. The number of para-hydroxylation sites is 1. The zero-order valence-electron chi connectivity index (χ0n) is 11.4. The molecule has 0 bridgehead atoms. The number of allylic oxidation sites excluding steroid dienone is 1. The summed E-state index contributed by atoms with van der Waals surface area (Å²) in [7, 11) is 0. The molecule has 0 amide bonds. The molecule has 1 aromatic carbocycles. The van der Waals surface area contributed by atoms with E-state index < -0.39 is 0 Å². The SMILES string of the molecule is CCOC(=O)C=C(C)c1cccc2ccc(C)nc12. The second-order valence-corrected chi connectivity index (χ2v) is 4.41. The molecule has 0 aliphatic carbocycles. The molecule has 3 nitrogen and oxygen atoms in total. The highest BCUT2D eigenvalue weighted by molar-refractivity contribution is 5.97. The van der Waals surface area contributed by atoms with E-state index in [4.69, 9.17) is 4.74 Å². The van der Waals surface area contributed by atoms with Gasteiger partial charge in [-0.2, -0.15) is 0 Å². The zero-order valence-corrected chi connectivity index (χ0v) is 11.4. The van der Waals surface area contributed by atoms with Crippen LogP contribution in [0.25, 0.3) is 16.5 Å². The van der Waals surface area contributed by atoms with Crippen LogP contribution in [0.5, 0.6) is 0 Å². The lowest BCUT2D eigenvalue weighted by Gasteiger charge is -2.07. The second kappa shape index (κ2) is 5.65. The fraction of sp³-hybridized carbons (Fsp3) is 0.250. The number of ether oxygens (including phenoxy) is 1. The number of pyridine rings is 1. The van der Waals surface area contributed by atoms with E-state index in [0.717, 1.165) is 27.7 Å². The smallest absolute Gasteiger partial charge is 0.331 e. The Balaban J connectivity index is 2.50. The Kier molecular flexibility index (Phi) is 3.95. The molecule has 98 valence electrons. The molecular formula is C16H17NO2. The summed E-state index contributed by atoms with van der Waals surface area (Å²) >= 11 is 0. The minimum atomic E-state index is -0.315. The summed E-state index contributed by atoms with van der Waals surface area (Å²) in [6.45, 7) is 6.04. The van der Waals surface area contributed by atoms with Gasteiger partial charge in [0.15, 0.2) is 0 Å². The van der Waals surface area contributed by atoms with E-state index in [1.165, 1.54) is 6.08 Å². The van der Waals surface area contributed by atoms with E-state index in [1.807, 2.05) is 44.2 Å². The van der Waals surface area contributed by atoms with E-state index in [9.17, 15) is 4.79 Å². The van der Waals surface area contributed by atoms with Gasteiger partial charge in [0.05, 0.1) is 12.1 Å². The number of nitrogens with zero attached hydrogens (tertiary/aromatic N) is 1. The van der Waals surface area contributed by atoms with Gasteiger partial charge in [-0.15, -0.1) is 0 Å². The van der Waals surface area contributed by atoms with Crippen LogP contribution in [0.4, 0.5) is 0 Å². The van der Waals surface area contributed by atoms with Crippen LogP contribution in [0.15, 0.2) is 36.4 Å². The molecule has 0 spiro atoms. The number of rotatable bonds is 3. The molecule has 0 saturated heterocycles. The first-order valence-corrected chi connectivity index (χ1v) is 6.33. The van der Waals surface area contributed by atoms with Crippen LogP contribution >= 0.6 is 0 Å². The number of carbonyl (C=O) groups excluding carboxylic acids is 1. The lowest BCUT2D eigenvalue weighted by molar-refractivity contribution is -0.137. The molecule has 0 atom stereocenters. The molecular weight excluding hydrogens is 238 g/mol. The Bertz CT molecular complexity index is 644. The van der Waals surface area contributed by atoms with E-state index in [1.54, 1.807) is 6.92 Å². The number of carbonyl (C=O) groups is 1. The maximum atomic E-state index is 11.5. The second-order valence-electron chi connectivity index (χ2n) is 4.41. The molecule has 2 rings (SSSR count). The van der Waals surface area contributed by atoms with E-state index in [2.05, 4.69) is 4.98 Å². The summed E-state index contributed by atoms with van der Waals surface area (Å²) in [4.78, 5) is 16.1. The third-order valence-corrected chi connectivity index (χ3v) is 2.91. The number of fused-ring (bicyclic) bond motifs is 1. The minimum Gasteiger partial charge on any atom is -0.463 e. The van der Waals surface area contributed by atoms with Crippen molar-refractivity contribution < 1.29 is 9.53 Å². The highest BCUT2D eigenvalue weighted by Crippen LogP contribution is 2.23. The van der Waals surface area contributed by atoms with Crippen LogP contribution in [0.2, 0.25) is 0 Å². The molecule has 0 aliphatic heterocycles. The van der Waals surface area contributed by atoms with Crippen molar-refractivity contribution in [3.8, 4) is 0 Å². The van der Waals surface area contributed by atoms with Gasteiger partial charge in [-0.05, 0) is 32.4 Å². The quantitative estimate of drug-likeness (QED) is 0.622. The molecule has 1 aromatic heterocycles. The third-order valence-electron chi connectivity index (χ3n) is 2.91. The highest BCUT2D eigenvalue weighted by Gasteiger charge is 2.06. The summed E-state index contributed by atoms with van der Waals surface area (Å²) in [5, 5.41) is 1.07. The van der Waals surface area contributed by atoms with Gasteiger partial charge in [-0.25, -0.2) is 4.79 Å². The Morgan fingerprint density at radius 3 is 2.84 bits per heavy atom. The van der Waals surface area contributed by atoms with Crippen LogP contribution in [0, 0.1) is 6.92 Å². The summed E-state index contributed by atoms with van der Waals surface area (Å²) in [6, 6.07) is 9.98. The van der Waals surface area contributed by atoms with Gasteiger partial charge in [0.1, 0.15) is 0 Å². The Morgan fingerprint density at radius 1 is 1.32 bits per heavy atom. The predicted octanol–water partition coefficient (Wildman–Crippen LogP) is 3.51. The Morgan fingerprint density at radius 2 is 2.11 bits per heavy atom. The Labute approximate surface area is 112 Å². The molecule has 0 fully saturated rings. The van der Waals surface area contributed by atoms with E-state index in [-0.39, 0.29) is 5.97 Å². The first-order chi connectivity index (χ1) is 9.11. The van der Waals surface area contributed by atoms with Crippen molar-refractivity contribution in [3.05, 3.63) is 47.7 Å². The monoisotopic (exact) mass is 255 g/mol. The van der Waals surface area contributed by atoms with Crippen molar-refractivity contribution in [2.45, 2.75) is 20.8 Å². The number of aryl methyl sites for hydroxylation is 1. The maximum absolute atomic E-state index is 11.5. The summed E-state index contributed by atoms with van der Waals surface area (Å²) in [5.74, 6) is -0.315. The van der Waals surface area contributed by atoms with Crippen LogP contribution in [-0.4, -0.2) is 17.6 Å². The number of hydrogen-bond acceptors (Lipinski definition) is 3. The maximum Gasteiger partial charge on any atom is 0.331 e. The lowest BCUT2D eigenvalue weighted by Crippen LogP contribution is -2.00. The fourth-order valence-electron chi connectivity index (χ4n) is 2.00. The van der Waals surface area contributed by atoms with Gasteiger partial charge in [0.25, 0.3) is 0 Å². The molecule has 2 aromatic rings. The largest absolute Gasteiger partial charge is 0.463 e.